The third kappa shape index (κ3) is 5.11. The van der Waals surface area contributed by atoms with Gasteiger partial charge in [-0.2, -0.15) is 13.2 Å². The molecule has 136 valence electrons. The van der Waals surface area contributed by atoms with E-state index in [1.165, 1.54) is 12.1 Å². The molecule has 1 fully saturated rings. The van der Waals surface area contributed by atoms with Crippen LogP contribution in [0.15, 0.2) is 54.6 Å². The number of benzene rings is 2. The van der Waals surface area contributed by atoms with Crippen LogP contribution in [0, 0.1) is 0 Å². The summed E-state index contributed by atoms with van der Waals surface area (Å²) in [4.78, 5) is 0. The van der Waals surface area contributed by atoms with Crippen LogP contribution in [0.25, 0.3) is 0 Å². The van der Waals surface area contributed by atoms with Crippen molar-refractivity contribution in [3.63, 3.8) is 0 Å². The molecule has 1 heterocycles. The number of rotatable bonds is 4. The van der Waals surface area contributed by atoms with Gasteiger partial charge in [-0.3, -0.25) is 0 Å². The SMILES string of the molecule is Cl.FC(F)(F)c1ccc(OC(c2ccccc2)C2CNCCO2)cc1. The Bertz CT molecular complexity index is 644. The minimum absolute atomic E-state index is 0. The lowest BCUT2D eigenvalue weighted by molar-refractivity contribution is -0.137. The normalized spacial score (nSPS) is 18.9. The molecule has 1 aliphatic heterocycles. The van der Waals surface area contributed by atoms with E-state index in [2.05, 4.69) is 5.32 Å². The van der Waals surface area contributed by atoms with E-state index in [9.17, 15) is 13.2 Å². The second-order valence-electron chi connectivity index (χ2n) is 5.58. The maximum atomic E-state index is 12.7. The van der Waals surface area contributed by atoms with Crippen molar-refractivity contribution in [2.45, 2.75) is 18.4 Å². The van der Waals surface area contributed by atoms with E-state index in [4.69, 9.17) is 9.47 Å². The molecule has 3 rings (SSSR count). The first-order chi connectivity index (χ1) is 11.5. The van der Waals surface area contributed by atoms with Gasteiger partial charge >= 0.3 is 6.18 Å². The molecule has 3 nitrogen and oxygen atoms in total. The lowest BCUT2D eigenvalue weighted by atomic mass is 10.0. The zero-order valence-electron chi connectivity index (χ0n) is 13.3. The highest BCUT2D eigenvalue weighted by Crippen LogP contribution is 2.32. The molecule has 0 aliphatic carbocycles. The number of alkyl halides is 3. The average Bonchev–Trinajstić information content (AvgIpc) is 2.61. The quantitative estimate of drug-likeness (QED) is 0.869. The van der Waals surface area contributed by atoms with Crippen LogP contribution >= 0.6 is 12.4 Å². The van der Waals surface area contributed by atoms with E-state index in [0.717, 1.165) is 24.2 Å². The summed E-state index contributed by atoms with van der Waals surface area (Å²) in [5.41, 5.74) is 0.229. The van der Waals surface area contributed by atoms with Crippen LogP contribution in [-0.2, 0) is 10.9 Å². The Morgan fingerprint density at radius 2 is 1.72 bits per heavy atom. The Morgan fingerprint density at radius 1 is 1.04 bits per heavy atom. The lowest BCUT2D eigenvalue weighted by Gasteiger charge is -2.31. The minimum atomic E-state index is -4.35. The molecule has 2 unspecified atom stereocenters. The Morgan fingerprint density at radius 3 is 2.28 bits per heavy atom. The first-order valence-electron chi connectivity index (χ1n) is 7.75. The van der Waals surface area contributed by atoms with Crippen molar-refractivity contribution in [1.29, 1.82) is 0 Å². The smallest absolute Gasteiger partial charge is 0.416 e. The lowest BCUT2D eigenvalue weighted by Crippen LogP contribution is -2.43. The van der Waals surface area contributed by atoms with Gasteiger partial charge < -0.3 is 14.8 Å². The van der Waals surface area contributed by atoms with Gasteiger partial charge in [0, 0.05) is 13.1 Å². The molecular weight excluding hydrogens is 355 g/mol. The van der Waals surface area contributed by atoms with Gasteiger partial charge in [0.15, 0.2) is 6.10 Å². The van der Waals surface area contributed by atoms with Crippen molar-refractivity contribution in [2.24, 2.45) is 0 Å². The zero-order chi connectivity index (χ0) is 17.0. The van der Waals surface area contributed by atoms with Crippen LogP contribution in [0.2, 0.25) is 0 Å². The third-order valence-corrected chi connectivity index (χ3v) is 3.87. The van der Waals surface area contributed by atoms with Crippen LogP contribution in [0.4, 0.5) is 13.2 Å². The Labute approximate surface area is 150 Å². The maximum Gasteiger partial charge on any atom is 0.416 e. The van der Waals surface area contributed by atoms with Crippen molar-refractivity contribution in [2.75, 3.05) is 19.7 Å². The van der Waals surface area contributed by atoms with Gasteiger partial charge in [-0.25, -0.2) is 0 Å². The van der Waals surface area contributed by atoms with Crippen LogP contribution in [-0.4, -0.2) is 25.8 Å². The Hall–Kier alpha value is -1.76. The fraction of sp³-hybridized carbons (Fsp3) is 0.333. The van der Waals surface area contributed by atoms with Gasteiger partial charge in [-0.15, -0.1) is 12.4 Å². The fourth-order valence-corrected chi connectivity index (χ4v) is 2.65. The number of hydrogen-bond donors (Lipinski definition) is 1. The summed E-state index contributed by atoms with van der Waals surface area (Å²) in [7, 11) is 0. The van der Waals surface area contributed by atoms with Crippen LogP contribution in [0.1, 0.15) is 17.2 Å². The molecule has 7 heteroatoms. The molecular formula is C18H19ClF3NO2. The number of halogens is 4. The summed E-state index contributed by atoms with van der Waals surface area (Å²) in [6.45, 7) is 1.98. The van der Waals surface area contributed by atoms with Crippen LogP contribution in [0.5, 0.6) is 5.75 Å². The van der Waals surface area contributed by atoms with Gasteiger partial charge in [-0.1, -0.05) is 30.3 Å². The van der Waals surface area contributed by atoms with Crippen molar-refractivity contribution in [1.82, 2.24) is 5.32 Å². The molecule has 0 amide bonds. The highest BCUT2D eigenvalue weighted by atomic mass is 35.5. The molecule has 1 aliphatic rings. The van der Waals surface area contributed by atoms with Gasteiger partial charge in [0.05, 0.1) is 12.2 Å². The van der Waals surface area contributed by atoms with Crippen molar-refractivity contribution in [3.8, 4) is 5.75 Å². The second-order valence-corrected chi connectivity index (χ2v) is 5.58. The molecule has 2 aromatic rings. The highest BCUT2D eigenvalue weighted by molar-refractivity contribution is 5.85. The molecule has 2 atom stereocenters. The second kappa shape index (κ2) is 8.56. The van der Waals surface area contributed by atoms with Crippen molar-refractivity contribution in [3.05, 3.63) is 65.7 Å². The first kappa shape index (κ1) is 19.6. The summed E-state index contributed by atoms with van der Waals surface area (Å²) >= 11 is 0. The van der Waals surface area contributed by atoms with E-state index < -0.39 is 17.8 Å². The van der Waals surface area contributed by atoms with E-state index in [1.807, 2.05) is 30.3 Å². The predicted octanol–water partition coefficient (Wildman–Crippen LogP) is 4.24. The van der Waals surface area contributed by atoms with Gasteiger partial charge in [0.25, 0.3) is 0 Å². The molecule has 1 N–H and O–H groups in total. The molecule has 0 aromatic heterocycles. The standard InChI is InChI=1S/C18H18F3NO2.ClH/c19-18(20,21)14-6-8-15(9-7-14)24-17(13-4-2-1-3-5-13)16-12-22-10-11-23-16;/h1-9,16-17,22H,10-12H2;1H. The van der Waals surface area contributed by atoms with Gasteiger partial charge in [0.2, 0.25) is 0 Å². The average molecular weight is 374 g/mol. The summed E-state index contributed by atoms with van der Waals surface area (Å²) in [5.74, 6) is 0.381. The first-order valence-corrected chi connectivity index (χ1v) is 7.75. The van der Waals surface area contributed by atoms with E-state index in [1.54, 1.807) is 0 Å². The maximum absolute atomic E-state index is 12.7. The molecule has 0 radical (unpaired) electrons. The molecule has 25 heavy (non-hydrogen) atoms. The number of ether oxygens (including phenoxy) is 2. The van der Waals surface area contributed by atoms with Crippen LogP contribution < -0.4 is 10.1 Å². The molecule has 0 spiro atoms. The zero-order valence-corrected chi connectivity index (χ0v) is 14.1. The number of morpholine rings is 1. The van der Waals surface area contributed by atoms with E-state index in [-0.39, 0.29) is 18.5 Å². The summed E-state index contributed by atoms with van der Waals surface area (Å²) in [5, 5.41) is 3.25. The number of hydrogen-bond acceptors (Lipinski definition) is 3. The monoisotopic (exact) mass is 373 g/mol. The molecule has 1 saturated heterocycles. The largest absolute Gasteiger partial charge is 0.483 e. The molecule has 0 saturated carbocycles. The minimum Gasteiger partial charge on any atom is -0.483 e. The van der Waals surface area contributed by atoms with E-state index >= 15 is 0 Å². The van der Waals surface area contributed by atoms with Crippen molar-refractivity contribution < 1.29 is 22.6 Å². The topological polar surface area (TPSA) is 30.5 Å². The fourth-order valence-electron chi connectivity index (χ4n) is 2.65. The van der Waals surface area contributed by atoms with Crippen molar-refractivity contribution >= 4 is 12.4 Å². The third-order valence-electron chi connectivity index (χ3n) is 3.87. The summed E-state index contributed by atoms with van der Waals surface area (Å²) < 4.78 is 49.8. The Kier molecular flexibility index (Phi) is 6.70. The number of nitrogens with one attached hydrogen (secondary N) is 1. The molecule has 2 aromatic carbocycles. The molecule has 0 bridgehead atoms. The Balaban J connectivity index is 0.00000225. The summed E-state index contributed by atoms with van der Waals surface area (Å²) in [6.07, 6.45) is -4.95. The predicted molar refractivity (Wildman–Crippen MR) is 91.1 cm³/mol. The summed E-state index contributed by atoms with van der Waals surface area (Å²) in [6, 6.07) is 14.3. The van der Waals surface area contributed by atoms with E-state index in [0.29, 0.717) is 18.9 Å². The highest BCUT2D eigenvalue weighted by Gasteiger charge is 2.31. The van der Waals surface area contributed by atoms with Crippen LogP contribution in [0.3, 0.4) is 0 Å². The van der Waals surface area contributed by atoms with Gasteiger partial charge in [-0.05, 0) is 29.8 Å². The van der Waals surface area contributed by atoms with Gasteiger partial charge in [0.1, 0.15) is 11.9 Å².